The first kappa shape index (κ1) is 23.0. The van der Waals surface area contributed by atoms with Crippen LogP contribution in [0.4, 0.5) is 5.69 Å². The van der Waals surface area contributed by atoms with Crippen LogP contribution < -0.4 is 9.47 Å². The van der Waals surface area contributed by atoms with Crippen molar-refractivity contribution in [2.45, 2.75) is 33.2 Å². The number of anilines is 1. The van der Waals surface area contributed by atoms with Gasteiger partial charge in [0.2, 0.25) is 5.52 Å². The Morgan fingerprint density at radius 2 is 1.65 bits per heavy atom. The largest absolute Gasteiger partial charge is 0.372 e. The zero-order valence-corrected chi connectivity index (χ0v) is 19.1. The van der Waals surface area contributed by atoms with Gasteiger partial charge in [-0.05, 0) is 49.6 Å². The van der Waals surface area contributed by atoms with E-state index < -0.39 is 10.1 Å². The van der Waals surface area contributed by atoms with Crippen molar-refractivity contribution in [3.63, 3.8) is 0 Å². The summed E-state index contributed by atoms with van der Waals surface area (Å²) in [4.78, 5) is 2.33. The summed E-state index contributed by atoms with van der Waals surface area (Å²) < 4.78 is 32.9. The van der Waals surface area contributed by atoms with Gasteiger partial charge in [0.1, 0.15) is 6.54 Å². The molecule has 0 saturated carbocycles. The Bertz CT molecular complexity index is 1140. The van der Waals surface area contributed by atoms with Crippen LogP contribution in [0.2, 0.25) is 0 Å². The number of benzene rings is 2. The van der Waals surface area contributed by atoms with Crippen LogP contribution in [-0.2, 0) is 16.7 Å². The van der Waals surface area contributed by atoms with Gasteiger partial charge < -0.3 is 4.90 Å². The summed E-state index contributed by atoms with van der Waals surface area (Å²) in [6.07, 6.45) is 7.43. The monoisotopic (exact) mass is 439 g/mol. The summed E-state index contributed by atoms with van der Waals surface area (Å²) in [5.41, 5.74) is 4.63. The van der Waals surface area contributed by atoms with Gasteiger partial charge in [0, 0.05) is 37.3 Å². The molecule has 5 nitrogen and oxygen atoms in total. The number of hydrogen-bond acceptors (Lipinski definition) is 3. The quantitative estimate of drug-likeness (QED) is 0.280. The van der Waals surface area contributed by atoms with Gasteiger partial charge in [-0.1, -0.05) is 36.4 Å². The molecule has 1 heterocycles. The van der Waals surface area contributed by atoms with Gasteiger partial charge in [0.05, 0.1) is 11.1 Å². The fourth-order valence-electron chi connectivity index (χ4n) is 3.79. The molecule has 0 bridgehead atoms. The average molecular weight is 440 g/mol. The molecule has 3 rings (SSSR count). The van der Waals surface area contributed by atoms with Crippen molar-refractivity contribution >= 4 is 38.9 Å². The second-order valence-corrected chi connectivity index (χ2v) is 9.14. The number of fused-ring (bicyclic) bond motifs is 1. The van der Waals surface area contributed by atoms with Crippen LogP contribution in [0.5, 0.6) is 0 Å². The molecular formula is C25H31N2O3S+. The maximum atomic E-state index is 10.9. The zero-order chi connectivity index (χ0) is 22.3. The molecule has 0 amide bonds. The minimum Gasteiger partial charge on any atom is -0.372 e. The van der Waals surface area contributed by atoms with Crippen molar-refractivity contribution in [1.29, 1.82) is 0 Å². The molecule has 0 spiro atoms. The Kier molecular flexibility index (Phi) is 7.82. The first-order valence-electron chi connectivity index (χ1n) is 10.8. The van der Waals surface area contributed by atoms with Crippen LogP contribution >= 0.6 is 0 Å². The van der Waals surface area contributed by atoms with Crippen LogP contribution in [-0.4, -0.2) is 31.8 Å². The van der Waals surface area contributed by atoms with E-state index in [0.29, 0.717) is 19.4 Å². The van der Waals surface area contributed by atoms with Crippen molar-refractivity contribution in [2.24, 2.45) is 0 Å². The van der Waals surface area contributed by atoms with Gasteiger partial charge in [-0.3, -0.25) is 4.55 Å². The van der Waals surface area contributed by atoms with E-state index in [1.165, 1.54) is 5.69 Å². The minimum atomic E-state index is -3.89. The fourth-order valence-corrected chi connectivity index (χ4v) is 4.36. The summed E-state index contributed by atoms with van der Waals surface area (Å²) in [6, 6.07) is 18.9. The van der Waals surface area contributed by atoms with E-state index in [-0.39, 0.29) is 5.75 Å². The maximum absolute atomic E-state index is 10.9. The second-order valence-electron chi connectivity index (χ2n) is 7.57. The molecule has 0 unspecified atom stereocenters. The molecule has 31 heavy (non-hydrogen) atoms. The Morgan fingerprint density at radius 1 is 0.935 bits per heavy atom. The lowest BCUT2D eigenvalue weighted by Gasteiger charge is -2.20. The Morgan fingerprint density at radius 3 is 2.32 bits per heavy atom. The van der Waals surface area contributed by atoms with Gasteiger partial charge in [-0.15, -0.1) is 0 Å². The molecule has 0 aliphatic carbocycles. The van der Waals surface area contributed by atoms with Gasteiger partial charge in [0.25, 0.3) is 10.1 Å². The van der Waals surface area contributed by atoms with Crippen LogP contribution in [0, 0.1) is 0 Å². The number of nitrogens with zero attached hydrogens (tertiary/aromatic N) is 2. The van der Waals surface area contributed by atoms with E-state index in [2.05, 4.69) is 77.9 Å². The zero-order valence-electron chi connectivity index (χ0n) is 18.2. The van der Waals surface area contributed by atoms with Gasteiger partial charge >= 0.3 is 0 Å². The van der Waals surface area contributed by atoms with Crippen LogP contribution in [0.3, 0.4) is 0 Å². The van der Waals surface area contributed by atoms with Crippen molar-refractivity contribution in [3.05, 3.63) is 71.9 Å². The van der Waals surface area contributed by atoms with Crippen molar-refractivity contribution in [2.75, 3.05) is 23.7 Å². The molecule has 0 atom stereocenters. The van der Waals surface area contributed by atoms with E-state index >= 15 is 0 Å². The van der Waals surface area contributed by atoms with E-state index in [1.807, 2.05) is 18.3 Å². The van der Waals surface area contributed by atoms with E-state index in [0.717, 1.165) is 35.1 Å². The first-order chi connectivity index (χ1) is 14.9. The molecule has 0 fully saturated rings. The first-order valence-corrected chi connectivity index (χ1v) is 12.4. The third kappa shape index (κ3) is 6.39. The summed E-state index contributed by atoms with van der Waals surface area (Å²) in [5, 5.41) is 1.15. The SMILES string of the molecule is CCN(CC)c1ccc(/C=C/c2cc[n+](CCCCS(=O)(=O)O)c3ccccc23)cc1. The molecule has 1 aromatic heterocycles. The highest BCUT2D eigenvalue weighted by Gasteiger charge is 2.12. The molecule has 6 heteroatoms. The third-order valence-corrected chi connectivity index (χ3v) is 6.29. The van der Waals surface area contributed by atoms with Crippen LogP contribution in [0.15, 0.2) is 60.8 Å². The number of para-hydroxylation sites is 1. The molecule has 3 aromatic rings. The smallest absolute Gasteiger partial charge is 0.264 e. The molecule has 0 aliphatic heterocycles. The Hall–Kier alpha value is -2.70. The van der Waals surface area contributed by atoms with E-state index in [4.69, 9.17) is 4.55 Å². The maximum Gasteiger partial charge on any atom is 0.264 e. The van der Waals surface area contributed by atoms with Crippen molar-refractivity contribution in [1.82, 2.24) is 0 Å². The molecule has 0 aliphatic rings. The minimum absolute atomic E-state index is 0.195. The standard InChI is InChI=1S/C25H30N2O3S/c1-3-26(4-2)23-15-12-21(13-16-23)11-14-22-17-19-27(18-7-8-20-31(28,29)30)25-10-6-5-9-24(22)25/h5-6,9-17,19H,3-4,7-8,18,20H2,1-2H3/p+1. The lowest BCUT2D eigenvalue weighted by molar-refractivity contribution is -0.671. The van der Waals surface area contributed by atoms with Gasteiger partial charge in [-0.25, -0.2) is 0 Å². The summed E-state index contributed by atoms with van der Waals surface area (Å²) in [7, 11) is -3.89. The van der Waals surface area contributed by atoms with Crippen LogP contribution in [0.1, 0.15) is 37.8 Å². The summed E-state index contributed by atoms with van der Waals surface area (Å²) in [6.45, 7) is 7.03. The molecule has 0 saturated heterocycles. The number of aromatic nitrogens is 1. The number of aryl methyl sites for hydroxylation is 1. The lowest BCUT2D eigenvalue weighted by Crippen LogP contribution is -2.34. The highest BCUT2D eigenvalue weighted by molar-refractivity contribution is 7.85. The number of pyridine rings is 1. The topological polar surface area (TPSA) is 61.5 Å². The van der Waals surface area contributed by atoms with Gasteiger partial charge in [-0.2, -0.15) is 13.0 Å². The number of rotatable bonds is 10. The van der Waals surface area contributed by atoms with E-state index in [1.54, 1.807) is 0 Å². The van der Waals surface area contributed by atoms with Crippen LogP contribution in [0.25, 0.3) is 23.1 Å². The van der Waals surface area contributed by atoms with Crippen molar-refractivity contribution < 1.29 is 17.5 Å². The third-order valence-electron chi connectivity index (χ3n) is 5.49. The summed E-state index contributed by atoms with van der Waals surface area (Å²) >= 11 is 0. The average Bonchev–Trinajstić information content (AvgIpc) is 2.77. The second kappa shape index (κ2) is 10.6. The normalized spacial score (nSPS) is 12.0. The van der Waals surface area contributed by atoms with Gasteiger partial charge in [0.15, 0.2) is 6.20 Å². The Labute approximate surface area is 185 Å². The molecule has 1 N–H and O–H groups in total. The lowest BCUT2D eigenvalue weighted by atomic mass is 10.1. The predicted octanol–water partition coefficient (Wildman–Crippen LogP) is 4.81. The highest BCUT2D eigenvalue weighted by Crippen LogP contribution is 2.20. The number of hydrogen-bond donors (Lipinski definition) is 1. The molecule has 164 valence electrons. The molecular weight excluding hydrogens is 408 g/mol. The molecule has 0 radical (unpaired) electrons. The fraction of sp³-hybridized carbons (Fsp3) is 0.320. The van der Waals surface area contributed by atoms with E-state index in [9.17, 15) is 8.42 Å². The Balaban J connectivity index is 1.77. The number of unbranched alkanes of at least 4 members (excludes halogenated alkanes) is 1. The van der Waals surface area contributed by atoms with Crippen molar-refractivity contribution in [3.8, 4) is 0 Å². The highest BCUT2D eigenvalue weighted by atomic mass is 32.2. The summed E-state index contributed by atoms with van der Waals surface area (Å²) in [5.74, 6) is -0.195. The molecule has 2 aromatic carbocycles. The predicted molar refractivity (Wildman–Crippen MR) is 129 cm³/mol.